The predicted molar refractivity (Wildman–Crippen MR) is 75.2 cm³/mol. The molecule has 0 aromatic heterocycles. The first kappa shape index (κ1) is 14.3. The molecule has 1 aromatic rings. The second-order valence-electron chi connectivity index (χ2n) is 4.95. The van der Waals surface area contributed by atoms with Gasteiger partial charge in [-0.3, -0.25) is 4.79 Å². The second-order valence-corrected chi connectivity index (χ2v) is 4.95. The van der Waals surface area contributed by atoms with Gasteiger partial charge in [-0.1, -0.05) is 18.2 Å². The van der Waals surface area contributed by atoms with E-state index in [1.807, 2.05) is 25.1 Å². The minimum Gasteiger partial charge on any atom is -0.371 e. The molecule has 108 valence electrons. The van der Waals surface area contributed by atoms with Gasteiger partial charge in [0.1, 0.15) is 6.04 Å². The highest BCUT2D eigenvalue weighted by atomic mass is 16.5. The van der Waals surface area contributed by atoms with Crippen LogP contribution in [-0.4, -0.2) is 41.6 Å². The maximum absolute atomic E-state index is 12.3. The summed E-state index contributed by atoms with van der Waals surface area (Å²) in [5.41, 5.74) is 6.06. The predicted octanol–water partition coefficient (Wildman–Crippen LogP) is 1.18. The van der Waals surface area contributed by atoms with Crippen LogP contribution in [0.5, 0.6) is 0 Å². The highest BCUT2D eigenvalue weighted by molar-refractivity contribution is 5.93. The van der Waals surface area contributed by atoms with Crippen LogP contribution in [0.4, 0.5) is 10.5 Å². The number of hydrogen-bond acceptors (Lipinski definition) is 3. The van der Waals surface area contributed by atoms with E-state index in [0.29, 0.717) is 12.2 Å². The van der Waals surface area contributed by atoms with Crippen molar-refractivity contribution in [3.63, 3.8) is 0 Å². The number of morpholine rings is 1. The topological polar surface area (TPSA) is 84.7 Å². The Morgan fingerprint density at radius 2 is 1.95 bits per heavy atom. The second kappa shape index (κ2) is 5.92. The van der Waals surface area contributed by atoms with Crippen LogP contribution in [0.25, 0.3) is 0 Å². The highest BCUT2D eigenvalue weighted by Gasteiger charge is 2.39. The summed E-state index contributed by atoms with van der Waals surface area (Å²) in [6.07, 6.45) is -0.556. The molecule has 0 bridgehead atoms. The van der Waals surface area contributed by atoms with Crippen molar-refractivity contribution in [2.75, 3.05) is 11.9 Å². The molecule has 1 heterocycles. The summed E-state index contributed by atoms with van der Waals surface area (Å²) in [5, 5.41) is 2.76. The maximum atomic E-state index is 12.3. The average Bonchev–Trinajstić information content (AvgIpc) is 2.38. The third kappa shape index (κ3) is 3.08. The van der Waals surface area contributed by atoms with Gasteiger partial charge in [0.2, 0.25) is 5.91 Å². The van der Waals surface area contributed by atoms with Gasteiger partial charge in [-0.25, -0.2) is 4.79 Å². The lowest BCUT2D eigenvalue weighted by Crippen LogP contribution is -2.61. The monoisotopic (exact) mass is 277 g/mol. The number of rotatable bonds is 2. The lowest BCUT2D eigenvalue weighted by molar-refractivity contribution is -0.138. The lowest BCUT2D eigenvalue weighted by Gasteiger charge is -2.40. The molecular formula is C14H19N3O3. The van der Waals surface area contributed by atoms with Crippen LogP contribution in [0, 0.1) is 0 Å². The Bertz CT molecular complexity index is 492. The van der Waals surface area contributed by atoms with Gasteiger partial charge < -0.3 is 20.7 Å². The smallest absolute Gasteiger partial charge is 0.322 e. The Morgan fingerprint density at radius 1 is 1.30 bits per heavy atom. The zero-order valence-corrected chi connectivity index (χ0v) is 11.6. The first-order valence-corrected chi connectivity index (χ1v) is 6.56. The molecule has 1 saturated heterocycles. The van der Waals surface area contributed by atoms with Crippen LogP contribution in [0.3, 0.4) is 0 Å². The number of benzene rings is 1. The normalized spacial score (nSPS) is 26.1. The summed E-state index contributed by atoms with van der Waals surface area (Å²) in [5.74, 6) is -0.562. The zero-order chi connectivity index (χ0) is 14.7. The Balaban J connectivity index is 2.15. The van der Waals surface area contributed by atoms with Crippen LogP contribution in [0.1, 0.15) is 13.8 Å². The molecule has 3 amide bonds. The fraction of sp³-hybridized carbons (Fsp3) is 0.429. The number of ether oxygens (including phenoxy) is 1. The van der Waals surface area contributed by atoms with E-state index < -0.39 is 18.1 Å². The van der Waals surface area contributed by atoms with E-state index in [0.717, 1.165) is 0 Å². The summed E-state index contributed by atoms with van der Waals surface area (Å²) in [6.45, 7) is 3.93. The van der Waals surface area contributed by atoms with Gasteiger partial charge >= 0.3 is 6.03 Å². The van der Waals surface area contributed by atoms with Gasteiger partial charge in [-0.05, 0) is 26.0 Å². The van der Waals surface area contributed by atoms with Crippen molar-refractivity contribution in [1.82, 2.24) is 4.90 Å². The summed E-state index contributed by atoms with van der Waals surface area (Å²) >= 11 is 0. The van der Waals surface area contributed by atoms with Crippen molar-refractivity contribution >= 4 is 17.6 Å². The molecule has 20 heavy (non-hydrogen) atoms. The minimum absolute atomic E-state index is 0.137. The number of anilines is 1. The third-order valence-corrected chi connectivity index (χ3v) is 3.26. The minimum atomic E-state index is -0.755. The number of hydrogen-bond donors (Lipinski definition) is 2. The molecule has 1 aliphatic rings. The number of carbonyl (C=O) groups excluding carboxylic acids is 2. The average molecular weight is 277 g/mol. The Morgan fingerprint density at radius 3 is 2.55 bits per heavy atom. The van der Waals surface area contributed by atoms with Crippen LogP contribution in [-0.2, 0) is 9.53 Å². The van der Waals surface area contributed by atoms with Crippen LogP contribution >= 0.6 is 0 Å². The number of para-hydroxylation sites is 1. The summed E-state index contributed by atoms with van der Waals surface area (Å²) in [6, 6.07) is 7.98. The molecule has 0 saturated carbocycles. The fourth-order valence-electron chi connectivity index (χ4n) is 2.44. The standard InChI is InChI=1S/C14H19N3O3/c1-9-8-17(12(13(15)18)10(2)20-9)14(19)16-11-6-4-3-5-7-11/h3-7,9-10,12H,8H2,1-2H3,(H2,15,18)(H,16,19). The molecule has 1 fully saturated rings. The number of nitrogens with one attached hydrogen (secondary N) is 1. The van der Waals surface area contributed by atoms with Crippen molar-refractivity contribution < 1.29 is 14.3 Å². The lowest BCUT2D eigenvalue weighted by atomic mass is 10.1. The zero-order valence-electron chi connectivity index (χ0n) is 11.6. The number of primary amides is 1. The van der Waals surface area contributed by atoms with Gasteiger partial charge in [-0.15, -0.1) is 0 Å². The molecule has 0 spiro atoms. The molecule has 0 aliphatic carbocycles. The molecule has 6 heteroatoms. The van der Waals surface area contributed by atoms with Gasteiger partial charge in [0, 0.05) is 12.2 Å². The molecule has 3 atom stereocenters. The Hall–Kier alpha value is -2.08. The van der Waals surface area contributed by atoms with Gasteiger partial charge in [0.05, 0.1) is 12.2 Å². The Labute approximate surface area is 117 Å². The first-order chi connectivity index (χ1) is 9.49. The SMILES string of the molecule is CC1CN(C(=O)Nc2ccccc2)C(C(N)=O)C(C)O1. The van der Waals surface area contributed by atoms with E-state index in [-0.39, 0.29) is 12.1 Å². The number of carbonyl (C=O) groups is 2. The van der Waals surface area contributed by atoms with Crippen molar-refractivity contribution in [1.29, 1.82) is 0 Å². The van der Waals surface area contributed by atoms with Gasteiger partial charge in [0.25, 0.3) is 0 Å². The molecule has 2 rings (SSSR count). The van der Waals surface area contributed by atoms with E-state index >= 15 is 0 Å². The number of urea groups is 1. The van der Waals surface area contributed by atoms with Crippen LogP contribution < -0.4 is 11.1 Å². The van der Waals surface area contributed by atoms with E-state index in [2.05, 4.69) is 5.32 Å². The molecule has 6 nitrogen and oxygen atoms in total. The number of nitrogens with two attached hydrogens (primary N) is 1. The number of amides is 3. The van der Waals surface area contributed by atoms with Crippen molar-refractivity contribution in [3.05, 3.63) is 30.3 Å². The maximum Gasteiger partial charge on any atom is 0.322 e. The van der Waals surface area contributed by atoms with E-state index in [1.165, 1.54) is 4.90 Å². The fourth-order valence-corrected chi connectivity index (χ4v) is 2.44. The summed E-state index contributed by atoms with van der Waals surface area (Å²) < 4.78 is 5.57. The molecule has 3 unspecified atom stereocenters. The summed E-state index contributed by atoms with van der Waals surface area (Å²) in [4.78, 5) is 25.3. The van der Waals surface area contributed by atoms with E-state index in [4.69, 9.17) is 10.5 Å². The number of nitrogens with zero attached hydrogens (tertiary/aromatic N) is 1. The summed E-state index contributed by atoms with van der Waals surface area (Å²) in [7, 11) is 0. The van der Waals surface area contributed by atoms with Crippen molar-refractivity contribution in [2.45, 2.75) is 32.1 Å². The molecule has 3 N–H and O–H groups in total. The largest absolute Gasteiger partial charge is 0.371 e. The molecule has 0 radical (unpaired) electrons. The van der Waals surface area contributed by atoms with E-state index in [1.54, 1.807) is 19.1 Å². The quantitative estimate of drug-likeness (QED) is 0.851. The van der Waals surface area contributed by atoms with Crippen molar-refractivity contribution in [3.8, 4) is 0 Å². The van der Waals surface area contributed by atoms with Gasteiger partial charge in [0.15, 0.2) is 0 Å². The van der Waals surface area contributed by atoms with Crippen LogP contribution in [0.15, 0.2) is 30.3 Å². The highest BCUT2D eigenvalue weighted by Crippen LogP contribution is 2.19. The first-order valence-electron chi connectivity index (χ1n) is 6.56. The van der Waals surface area contributed by atoms with Crippen molar-refractivity contribution in [2.24, 2.45) is 5.73 Å². The van der Waals surface area contributed by atoms with Gasteiger partial charge in [-0.2, -0.15) is 0 Å². The molecule has 1 aliphatic heterocycles. The Kier molecular flexibility index (Phi) is 4.24. The van der Waals surface area contributed by atoms with E-state index in [9.17, 15) is 9.59 Å². The molecule has 1 aromatic carbocycles. The molecular weight excluding hydrogens is 258 g/mol. The van der Waals surface area contributed by atoms with Crippen LogP contribution in [0.2, 0.25) is 0 Å². The third-order valence-electron chi connectivity index (χ3n) is 3.26.